The normalized spacial score (nSPS) is 15.2. The van der Waals surface area contributed by atoms with Crippen LogP contribution in [0.15, 0.2) is 59.5 Å². The smallest absolute Gasteiger partial charge is 0.269 e. The Morgan fingerprint density at radius 3 is 2.43 bits per heavy atom. The Hall–Kier alpha value is -2.66. The highest BCUT2D eigenvalue weighted by Gasteiger charge is 2.17. The van der Waals surface area contributed by atoms with Crippen LogP contribution in [-0.4, -0.2) is 47.2 Å². The van der Waals surface area contributed by atoms with Crippen LogP contribution >= 0.6 is 0 Å². The van der Waals surface area contributed by atoms with Gasteiger partial charge in [-0.2, -0.15) is 0 Å². The Balaban J connectivity index is 1.27. The van der Waals surface area contributed by atoms with Crippen molar-refractivity contribution in [3.8, 4) is 0 Å². The lowest BCUT2D eigenvalue weighted by atomic mass is 10.1. The second-order valence-electron chi connectivity index (χ2n) is 7.56. The first-order valence-electron chi connectivity index (χ1n) is 10.2. The minimum Gasteiger partial charge on any atom is -0.369 e. The first-order valence-corrected chi connectivity index (χ1v) is 10.2. The standard InChI is InChI=1S/C23H28N4O/c1-19-8-2-4-10-21(19)26-16-14-25(15-17-26)12-6-7-13-27-22-11-5-3-9-20(22)24-18-23(27)28/h2-5,8-11,18H,6-7,12-17H2,1H3. The quantitative estimate of drug-likeness (QED) is 0.619. The number of piperazine rings is 1. The molecule has 1 aliphatic heterocycles. The van der Waals surface area contributed by atoms with Crippen LogP contribution in [0.2, 0.25) is 0 Å². The minimum atomic E-state index is -0.00875. The lowest BCUT2D eigenvalue weighted by Crippen LogP contribution is -2.46. The Bertz CT molecular complexity index is 989. The number of hydrogen-bond donors (Lipinski definition) is 0. The Morgan fingerprint density at radius 2 is 1.61 bits per heavy atom. The summed E-state index contributed by atoms with van der Waals surface area (Å²) >= 11 is 0. The van der Waals surface area contributed by atoms with Gasteiger partial charge >= 0.3 is 0 Å². The summed E-state index contributed by atoms with van der Waals surface area (Å²) in [6.07, 6.45) is 3.55. The summed E-state index contributed by atoms with van der Waals surface area (Å²) in [7, 11) is 0. The lowest BCUT2D eigenvalue weighted by molar-refractivity contribution is 0.251. The molecule has 2 aromatic carbocycles. The molecule has 1 aliphatic rings. The van der Waals surface area contributed by atoms with E-state index in [1.165, 1.54) is 17.4 Å². The fraction of sp³-hybridized carbons (Fsp3) is 0.391. The largest absolute Gasteiger partial charge is 0.369 e. The molecule has 0 atom stereocenters. The summed E-state index contributed by atoms with van der Waals surface area (Å²) in [5, 5.41) is 0. The average molecular weight is 377 g/mol. The molecule has 0 aliphatic carbocycles. The van der Waals surface area contributed by atoms with E-state index in [0.717, 1.165) is 63.1 Å². The van der Waals surface area contributed by atoms with Gasteiger partial charge < -0.3 is 9.47 Å². The van der Waals surface area contributed by atoms with Crippen molar-refractivity contribution in [2.45, 2.75) is 26.3 Å². The number of benzene rings is 2. The van der Waals surface area contributed by atoms with E-state index in [-0.39, 0.29) is 5.56 Å². The van der Waals surface area contributed by atoms with E-state index < -0.39 is 0 Å². The van der Waals surface area contributed by atoms with Gasteiger partial charge in [0.1, 0.15) is 0 Å². The molecule has 146 valence electrons. The zero-order valence-corrected chi connectivity index (χ0v) is 16.6. The van der Waals surface area contributed by atoms with E-state index in [1.54, 1.807) is 0 Å². The van der Waals surface area contributed by atoms with Gasteiger partial charge in [0.25, 0.3) is 5.56 Å². The highest BCUT2D eigenvalue weighted by Crippen LogP contribution is 2.20. The van der Waals surface area contributed by atoms with Crippen LogP contribution in [0, 0.1) is 6.92 Å². The van der Waals surface area contributed by atoms with Gasteiger partial charge in [-0.1, -0.05) is 30.3 Å². The molecule has 1 fully saturated rings. The summed E-state index contributed by atoms with van der Waals surface area (Å²) in [5.74, 6) is 0. The predicted octanol–water partition coefficient (Wildman–Crippen LogP) is 3.31. The fourth-order valence-electron chi connectivity index (χ4n) is 4.08. The molecule has 1 aromatic heterocycles. The SMILES string of the molecule is Cc1ccccc1N1CCN(CCCCn2c(=O)cnc3ccccc32)CC1. The predicted molar refractivity (Wildman–Crippen MR) is 115 cm³/mol. The second kappa shape index (κ2) is 8.57. The zero-order chi connectivity index (χ0) is 19.3. The maximum atomic E-state index is 12.2. The molecule has 5 heteroatoms. The van der Waals surface area contributed by atoms with Crippen molar-refractivity contribution in [1.29, 1.82) is 0 Å². The Kier molecular flexibility index (Phi) is 5.72. The third-order valence-electron chi connectivity index (χ3n) is 5.69. The van der Waals surface area contributed by atoms with Crippen LogP contribution < -0.4 is 10.5 Å². The number of aryl methyl sites for hydroxylation is 2. The van der Waals surface area contributed by atoms with E-state index >= 15 is 0 Å². The molecule has 0 saturated carbocycles. The van der Waals surface area contributed by atoms with Crippen molar-refractivity contribution in [1.82, 2.24) is 14.5 Å². The number of fused-ring (bicyclic) bond motifs is 1. The number of aromatic nitrogens is 2. The van der Waals surface area contributed by atoms with Gasteiger partial charge in [0.15, 0.2) is 0 Å². The second-order valence-corrected chi connectivity index (χ2v) is 7.56. The molecule has 5 nitrogen and oxygen atoms in total. The molecule has 0 unspecified atom stereocenters. The van der Waals surface area contributed by atoms with Crippen LogP contribution in [0.25, 0.3) is 11.0 Å². The molecule has 0 radical (unpaired) electrons. The maximum absolute atomic E-state index is 12.2. The topological polar surface area (TPSA) is 41.4 Å². The van der Waals surface area contributed by atoms with E-state index in [0.29, 0.717) is 0 Å². The van der Waals surface area contributed by atoms with Crippen molar-refractivity contribution < 1.29 is 0 Å². The summed E-state index contributed by atoms with van der Waals surface area (Å²) in [4.78, 5) is 21.5. The third-order valence-corrected chi connectivity index (χ3v) is 5.69. The van der Waals surface area contributed by atoms with Crippen LogP contribution in [0.5, 0.6) is 0 Å². The van der Waals surface area contributed by atoms with Gasteiger partial charge in [0, 0.05) is 38.4 Å². The number of rotatable bonds is 6. The van der Waals surface area contributed by atoms with Crippen molar-refractivity contribution >= 4 is 16.7 Å². The molecular weight excluding hydrogens is 348 g/mol. The summed E-state index contributed by atoms with van der Waals surface area (Å²) < 4.78 is 1.86. The molecule has 0 amide bonds. The third kappa shape index (κ3) is 4.09. The van der Waals surface area contributed by atoms with Crippen molar-refractivity contribution in [3.63, 3.8) is 0 Å². The highest BCUT2D eigenvalue weighted by molar-refractivity contribution is 5.74. The molecular formula is C23H28N4O. The van der Waals surface area contributed by atoms with E-state index in [2.05, 4.69) is 46.0 Å². The molecule has 3 aromatic rings. The molecule has 4 rings (SSSR count). The van der Waals surface area contributed by atoms with Crippen molar-refractivity contribution in [2.75, 3.05) is 37.6 Å². The first kappa shape index (κ1) is 18.7. The number of para-hydroxylation sites is 3. The molecule has 0 spiro atoms. The van der Waals surface area contributed by atoms with Crippen LogP contribution in [0.3, 0.4) is 0 Å². The molecule has 2 heterocycles. The lowest BCUT2D eigenvalue weighted by Gasteiger charge is -2.36. The monoisotopic (exact) mass is 376 g/mol. The van der Waals surface area contributed by atoms with Crippen LogP contribution in [0.1, 0.15) is 18.4 Å². The number of unbranched alkanes of at least 4 members (excludes halogenated alkanes) is 1. The fourth-order valence-corrected chi connectivity index (χ4v) is 4.08. The average Bonchev–Trinajstić information content (AvgIpc) is 2.73. The molecule has 0 bridgehead atoms. The number of anilines is 1. The van der Waals surface area contributed by atoms with E-state index in [1.807, 2.05) is 28.8 Å². The van der Waals surface area contributed by atoms with E-state index in [4.69, 9.17) is 0 Å². The van der Waals surface area contributed by atoms with Crippen LogP contribution in [-0.2, 0) is 6.54 Å². The van der Waals surface area contributed by atoms with Gasteiger partial charge in [0.2, 0.25) is 0 Å². The van der Waals surface area contributed by atoms with Gasteiger partial charge in [0.05, 0.1) is 17.2 Å². The molecule has 1 saturated heterocycles. The van der Waals surface area contributed by atoms with Gasteiger partial charge in [-0.15, -0.1) is 0 Å². The highest BCUT2D eigenvalue weighted by atomic mass is 16.1. The summed E-state index contributed by atoms with van der Waals surface area (Å²) in [6, 6.07) is 16.5. The van der Waals surface area contributed by atoms with Gasteiger partial charge in [-0.3, -0.25) is 9.69 Å². The van der Waals surface area contributed by atoms with Gasteiger partial charge in [-0.25, -0.2) is 4.98 Å². The molecule has 28 heavy (non-hydrogen) atoms. The minimum absolute atomic E-state index is 0.00875. The summed E-state index contributed by atoms with van der Waals surface area (Å²) in [5.41, 5.74) is 4.53. The van der Waals surface area contributed by atoms with Crippen molar-refractivity contribution in [2.24, 2.45) is 0 Å². The first-order chi connectivity index (χ1) is 13.7. The maximum Gasteiger partial charge on any atom is 0.269 e. The van der Waals surface area contributed by atoms with Gasteiger partial charge in [-0.05, 0) is 50.1 Å². The Morgan fingerprint density at radius 1 is 0.893 bits per heavy atom. The van der Waals surface area contributed by atoms with Crippen LogP contribution in [0.4, 0.5) is 5.69 Å². The van der Waals surface area contributed by atoms with E-state index in [9.17, 15) is 4.79 Å². The molecule has 0 N–H and O–H groups in total. The number of hydrogen-bond acceptors (Lipinski definition) is 4. The zero-order valence-electron chi connectivity index (χ0n) is 16.6. The summed E-state index contributed by atoms with van der Waals surface area (Å²) in [6.45, 7) is 8.41. The van der Waals surface area contributed by atoms with Crippen molar-refractivity contribution in [3.05, 3.63) is 70.6 Å². The number of nitrogens with zero attached hydrogens (tertiary/aromatic N) is 4. The Labute approximate surface area is 166 Å².